The van der Waals surface area contributed by atoms with Crippen LogP contribution >= 0.6 is 10.7 Å². The van der Waals surface area contributed by atoms with Crippen LogP contribution < -0.4 is 4.72 Å². The lowest BCUT2D eigenvalue weighted by Gasteiger charge is -2.06. The van der Waals surface area contributed by atoms with Gasteiger partial charge in [0.25, 0.3) is 9.05 Å². The first kappa shape index (κ1) is 15.8. The van der Waals surface area contributed by atoms with Crippen LogP contribution in [0.5, 0.6) is 0 Å². The number of halogens is 1. The molecule has 0 radical (unpaired) electrons. The molecule has 1 N–H and O–H groups in total. The predicted molar refractivity (Wildman–Crippen MR) is 76.6 cm³/mol. The summed E-state index contributed by atoms with van der Waals surface area (Å²) in [4.78, 5) is -0.0721. The van der Waals surface area contributed by atoms with Crippen LogP contribution in [0.25, 0.3) is 0 Å². The van der Waals surface area contributed by atoms with Crippen LogP contribution in [0.3, 0.4) is 0 Å². The van der Waals surface area contributed by atoms with Crippen molar-refractivity contribution in [2.75, 3.05) is 0 Å². The lowest BCUT2D eigenvalue weighted by molar-refractivity contribution is 0.572. The highest BCUT2D eigenvalue weighted by Crippen LogP contribution is 2.35. The lowest BCUT2D eigenvalue weighted by Crippen LogP contribution is -2.27. The van der Waals surface area contributed by atoms with E-state index in [4.69, 9.17) is 10.7 Å². The first-order chi connectivity index (χ1) is 9.24. The maximum Gasteiger partial charge on any atom is 0.261 e. The molecular formula is C12H16ClNO4S2. The fourth-order valence-electron chi connectivity index (χ4n) is 2.13. The summed E-state index contributed by atoms with van der Waals surface area (Å²) >= 11 is 0. The monoisotopic (exact) mass is 337 g/mol. The molecule has 0 heterocycles. The molecule has 8 heteroatoms. The molecule has 2 unspecified atom stereocenters. The first-order valence-corrected chi connectivity index (χ1v) is 10.1. The zero-order valence-corrected chi connectivity index (χ0v) is 13.3. The second kappa shape index (κ2) is 5.63. The Morgan fingerprint density at radius 1 is 1.15 bits per heavy atom. The normalized spacial score (nSPS) is 22.7. The van der Waals surface area contributed by atoms with Crippen molar-refractivity contribution >= 4 is 29.8 Å². The van der Waals surface area contributed by atoms with Gasteiger partial charge in [0.1, 0.15) is 0 Å². The molecule has 0 saturated heterocycles. The van der Waals surface area contributed by atoms with Crippen molar-refractivity contribution in [3.63, 3.8) is 0 Å². The van der Waals surface area contributed by atoms with Crippen LogP contribution in [0.1, 0.15) is 26.2 Å². The summed E-state index contributed by atoms with van der Waals surface area (Å²) in [6.45, 7) is 2.06. The minimum Gasteiger partial charge on any atom is -0.208 e. The molecule has 1 fully saturated rings. The molecule has 0 aromatic heterocycles. The van der Waals surface area contributed by atoms with E-state index in [1.165, 1.54) is 24.3 Å². The number of benzene rings is 1. The summed E-state index contributed by atoms with van der Waals surface area (Å²) in [5, 5.41) is 0. The van der Waals surface area contributed by atoms with Crippen molar-refractivity contribution in [2.24, 2.45) is 5.92 Å². The van der Waals surface area contributed by atoms with Crippen molar-refractivity contribution < 1.29 is 16.8 Å². The highest BCUT2D eigenvalue weighted by molar-refractivity contribution is 8.13. The summed E-state index contributed by atoms with van der Waals surface area (Å²) in [7, 11) is -2.25. The topological polar surface area (TPSA) is 80.3 Å². The summed E-state index contributed by atoms with van der Waals surface area (Å²) in [5.74, 6) is 0.414. The van der Waals surface area contributed by atoms with Crippen molar-refractivity contribution in [3.05, 3.63) is 24.3 Å². The van der Waals surface area contributed by atoms with Gasteiger partial charge in [0.2, 0.25) is 10.0 Å². The fraction of sp³-hybridized carbons (Fsp3) is 0.500. The summed E-state index contributed by atoms with van der Waals surface area (Å²) in [5.41, 5.74) is 0. The second-order valence-corrected chi connectivity index (χ2v) is 9.20. The third-order valence-electron chi connectivity index (χ3n) is 3.30. The van der Waals surface area contributed by atoms with Gasteiger partial charge in [0.05, 0.1) is 9.79 Å². The molecule has 1 aliphatic carbocycles. The van der Waals surface area contributed by atoms with E-state index >= 15 is 0 Å². The standard InChI is InChI=1S/C12H16ClNO4S2/c1-2-3-9-8-12(9)14-20(17,18)11-6-4-10(5-7-11)19(13,15)16/h4-7,9,12,14H,2-3,8H2,1H3. The maximum absolute atomic E-state index is 12.1. The van der Waals surface area contributed by atoms with E-state index in [-0.39, 0.29) is 15.8 Å². The second-order valence-electron chi connectivity index (χ2n) is 4.92. The van der Waals surface area contributed by atoms with Crippen molar-refractivity contribution in [3.8, 4) is 0 Å². The highest BCUT2D eigenvalue weighted by atomic mass is 35.7. The zero-order valence-electron chi connectivity index (χ0n) is 10.9. The Morgan fingerprint density at radius 2 is 1.70 bits per heavy atom. The summed E-state index contributed by atoms with van der Waals surface area (Å²) < 4.78 is 49.0. The molecular weight excluding hydrogens is 322 g/mol. The Morgan fingerprint density at radius 3 is 2.20 bits per heavy atom. The molecule has 20 heavy (non-hydrogen) atoms. The van der Waals surface area contributed by atoms with Gasteiger partial charge in [-0.05, 0) is 43.0 Å². The average molecular weight is 338 g/mol. The minimum absolute atomic E-state index is 0.00335. The van der Waals surface area contributed by atoms with E-state index in [0.29, 0.717) is 5.92 Å². The van der Waals surface area contributed by atoms with Crippen molar-refractivity contribution in [1.29, 1.82) is 0 Å². The van der Waals surface area contributed by atoms with E-state index < -0.39 is 19.1 Å². The lowest BCUT2D eigenvalue weighted by atomic mass is 10.2. The minimum atomic E-state index is -3.83. The molecule has 0 bridgehead atoms. The van der Waals surface area contributed by atoms with Gasteiger partial charge in [-0.15, -0.1) is 0 Å². The average Bonchev–Trinajstić information content (AvgIpc) is 3.06. The largest absolute Gasteiger partial charge is 0.261 e. The fourth-order valence-corrected chi connectivity index (χ4v) is 4.22. The Hall–Kier alpha value is -0.630. The van der Waals surface area contributed by atoms with E-state index in [1.807, 2.05) is 0 Å². The zero-order chi connectivity index (χ0) is 15.0. The molecule has 0 aliphatic heterocycles. The van der Waals surface area contributed by atoms with Gasteiger partial charge in [-0.2, -0.15) is 0 Å². The van der Waals surface area contributed by atoms with Crippen molar-refractivity contribution in [2.45, 2.75) is 42.0 Å². The Labute approximate surface area is 123 Å². The SMILES string of the molecule is CCCC1CC1NS(=O)(=O)c1ccc(S(=O)(=O)Cl)cc1. The predicted octanol–water partition coefficient (Wildman–Crippen LogP) is 2.08. The van der Waals surface area contributed by atoms with Gasteiger partial charge in [-0.1, -0.05) is 13.3 Å². The van der Waals surface area contributed by atoms with E-state index in [9.17, 15) is 16.8 Å². The number of hydrogen-bond donors (Lipinski definition) is 1. The van der Waals surface area contributed by atoms with Crippen LogP contribution in [0, 0.1) is 5.92 Å². The molecule has 112 valence electrons. The van der Waals surface area contributed by atoms with Gasteiger partial charge < -0.3 is 0 Å². The van der Waals surface area contributed by atoms with Gasteiger partial charge >= 0.3 is 0 Å². The smallest absolute Gasteiger partial charge is 0.208 e. The molecule has 1 saturated carbocycles. The molecule has 5 nitrogen and oxygen atoms in total. The first-order valence-electron chi connectivity index (χ1n) is 6.31. The van der Waals surface area contributed by atoms with Crippen LogP contribution in [-0.4, -0.2) is 22.9 Å². The number of rotatable bonds is 6. The molecule has 1 aliphatic rings. The third kappa shape index (κ3) is 3.72. The number of nitrogens with one attached hydrogen (secondary N) is 1. The Balaban J connectivity index is 2.11. The molecule has 1 aromatic rings. The quantitative estimate of drug-likeness (QED) is 0.806. The van der Waals surface area contributed by atoms with Crippen LogP contribution in [0.15, 0.2) is 34.1 Å². The molecule has 0 spiro atoms. The van der Waals surface area contributed by atoms with Gasteiger partial charge in [-0.3, -0.25) is 0 Å². The number of hydrogen-bond acceptors (Lipinski definition) is 4. The maximum atomic E-state index is 12.1. The van der Waals surface area contributed by atoms with Gasteiger partial charge in [-0.25, -0.2) is 21.6 Å². The molecule has 0 amide bonds. The van der Waals surface area contributed by atoms with E-state index in [1.54, 1.807) is 0 Å². The van der Waals surface area contributed by atoms with Crippen molar-refractivity contribution in [1.82, 2.24) is 4.72 Å². The van der Waals surface area contributed by atoms with Gasteiger partial charge in [0.15, 0.2) is 0 Å². The summed E-state index contributed by atoms with van der Waals surface area (Å²) in [6, 6.07) is 4.86. The van der Waals surface area contributed by atoms with E-state index in [0.717, 1.165) is 19.3 Å². The Kier molecular flexibility index (Phi) is 4.44. The summed E-state index contributed by atoms with van der Waals surface area (Å²) in [6.07, 6.45) is 2.91. The Bertz CT molecular complexity index is 683. The van der Waals surface area contributed by atoms with E-state index in [2.05, 4.69) is 11.6 Å². The molecule has 2 atom stereocenters. The van der Waals surface area contributed by atoms with Crippen LogP contribution in [0.2, 0.25) is 0 Å². The third-order valence-corrected chi connectivity index (χ3v) is 6.18. The van der Waals surface area contributed by atoms with Crippen LogP contribution in [-0.2, 0) is 19.1 Å². The molecule has 1 aromatic carbocycles. The van der Waals surface area contributed by atoms with Gasteiger partial charge in [0, 0.05) is 16.7 Å². The molecule has 2 rings (SSSR count). The number of sulfonamides is 1. The van der Waals surface area contributed by atoms with Crippen LogP contribution in [0.4, 0.5) is 0 Å². The highest BCUT2D eigenvalue weighted by Gasteiger charge is 2.39.